The van der Waals surface area contributed by atoms with Crippen LogP contribution in [0.3, 0.4) is 0 Å². The Morgan fingerprint density at radius 2 is 1.96 bits per heavy atom. The molecule has 0 atom stereocenters. The van der Waals surface area contributed by atoms with E-state index in [1.807, 2.05) is 32.0 Å². The van der Waals surface area contributed by atoms with Crippen LogP contribution < -0.4 is 9.73 Å². The number of sulfonamides is 1. The van der Waals surface area contributed by atoms with Crippen molar-refractivity contribution in [2.45, 2.75) is 18.7 Å². The van der Waals surface area contributed by atoms with E-state index >= 15 is 0 Å². The molecule has 0 saturated carbocycles. The number of amides is 1. The van der Waals surface area contributed by atoms with Crippen molar-refractivity contribution in [3.63, 3.8) is 0 Å². The zero-order valence-corrected chi connectivity index (χ0v) is 15.7. The fourth-order valence-corrected chi connectivity index (χ4v) is 5.01. The Labute approximate surface area is 156 Å². The molecule has 0 radical (unpaired) electrons. The number of carbonyl (C=O) groups excluding carboxylic acids is 1. The number of anilines is 1. The van der Waals surface area contributed by atoms with Crippen LogP contribution in [0.25, 0.3) is 10.8 Å². The van der Waals surface area contributed by atoms with Gasteiger partial charge in [0.1, 0.15) is 6.54 Å². The number of nitrogens with one attached hydrogen (secondary N) is 2. The van der Waals surface area contributed by atoms with Crippen LogP contribution in [0.15, 0.2) is 52.5 Å². The number of H-pyrrole nitrogens is 1. The molecule has 2 N–H and O–H groups in total. The summed E-state index contributed by atoms with van der Waals surface area (Å²) in [5.41, 5.74) is 5.71. The summed E-state index contributed by atoms with van der Waals surface area (Å²) in [6, 6.07) is 12.4. The zero-order chi connectivity index (χ0) is 19.2. The number of aromatic nitrogens is 1. The summed E-state index contributed by atoms with van der Waals surface area (Å²) in [5, 5.41) is 5.41. The standard InChI is InChI=1S/C19H18N4O3S/c1-12-9-15(13(2)21-12)10-20-22-18(24)11-23-16-7-3-5-14-6-4-8-17(19(14)16)27(23,25)26/h3-10,21H,11H2,1-2H3,(H,22,24)/b20-10+. The van der Waals surface area contributed by atoms with Crippen LogP contribution in [-0.2, 0) is 14.8 Å². The first kappa shape index (κ1) is 17.3. The van der Waals surface area contributed by atoms with E-state index in [0.717, 1.165) is 26.6 Å². The van der Waals surface area contributed by atoms with Gasteiger partial charge in [-0.1, -0.05) is 24.3 Å². The van der Waals surface area contributed by atoms with Gasteiger partial charge in [-0.05, 0) is 37.4 Å². The summed E-state index contributed by atoms with van der Waals surface area (Å²) in [5.74, 6) is -0.510. The minimum Gasteiger partial charge on any atom is -0.362 e. The summed E-state index contributed by atoms with van der Waals surface area (Å²) < 4.78 is 26.8. The van der Waals surface area contributed by atoms with Crippen molar-refractivity contribution in [3.05, 3.63) is 59.4 Å². The summed E-state index contributed by atoms with van der Waals surface area (Å²) in [6.45, 7) is 3.50. The molecule has 4 rings (SSSR count). The van der Waals surface area contributed by atoms with Crippen LogP contribution in [0.5, 0.6) is 0 Å². The summed E-state index contributed by atoms with van der Waals surface area (Å²) >= 11 is 0. The van der Waals surface area contributed by atoms with E-state index in [4.69, 9.17) is 0 Å². The molecular formula is C19H18N4O3S. The maximum absolute atomic E-state index is 12.8. The van der Waals surface area contributed by atoms with Crippen LogP contribution in [-0.4, -0.2) is 32.1 Å². The van der Waals surface area contributed by atoms with Gasteiger partial charge in [0.05, 0.1) is 16.8 Å². The lowest BCUT2D eigenvalue weighted by atomic mass is 10.1. The smallest absolute Gasteiger partial charge is 0.265 e. The van der Waals surface area contributed by atoms with Crippen LogP contribution in [0, 0.1) is 13.8 Å². The maximum Gasteiger partial charge on any atom is 0.265 e. The van der Waals surface area contributed by atoms with Crippen LogP contribution in [0.2, 0.25) is 0 Å². The Morgan fingerprint density at radius 1 is 1.22 bits per heavy atom. The highest BCUT2D eigenvalue weighted by atomic mass is 32.2. The molecule has 0 bridgehead atoms. The number of rotatable bonds is 4. The normalized spacial score (nSPS) is 15.0. The second-order valence-corrected chi connectivity index (χ2v) is 8.30. The molecule has 2 aromatic carbocycles. The van der Waals surface area contributed by atoms with Crippen LogP contribution >= 0.6 is 0 Å². The SMILES string of the molecule is Cc1cc(/C=N/NC(=O)CN2c3cccc4cccc(c34)S2(=O)=O)c(C)[nH]1. The highest BCUT2D eigenvalue weighted by molar-refractivity contribution is 7.93. The summed E-state index contributed by atoms with van der Waals surface area (Å²) in [4.78, 5) is 15.7. The predicted molar refractivity (Wildman–Crippen MR) is 104 cm³/mol. The summed E-state index contributed by atoms with van der Waals surface area (Å²) in [7, 11) is -3.76. The van der Waals surface area contributed by atoms with Gasteiger partial charge in [0.25, 0.3) is 15.9 Å². The number of hydrazone groups is 1. The molecule has 8 heteroatoms. The monoisotopic (exact) mass is 382 g/mol. The van der Waals surface area contributed by atoms with Gasteiger partial charge in [-0.25, -0.2) is 13.8 Å². The number of carbonyl (C=O) groups is 1. The molecule has 1 aliphatic rings. The quantitative estimate of drug-likeness (QED) is 0.536. The Hall–Kier alpha value is -3.13. The molecule has 1 aliphatic heterocycles. The molecule has 0 fully saturated rings. The molecule has 0 saturated heterocycles. The predicted octanol–water partition coefficient (Wildman–Crippen LogP) is 2.44. The van der Waals surface area contributed by atoms with E-state index in [1.54, 1.807) is 24.3 Å². The molecule has 0 aliphatic carbocycles. The second-order valence-electron chi connectivity index (χ2n) is 6.47. The van der Waals surface area contributed by atoms with Crippen molar-refractivity contribution in [3.8, 4) is 0 Å². The average molecular weight is 382 g/mol. The fraction of sp³-hybridized carbons (Fsp3) is 0.158. The van der Waals surface area contributed by atoms with E-state index in [-0.39, 0.29) is 11.4 Å². The molecule has 138 valence electrons. The second kappa shape index (κ2) is 6.24. The van der Waals surface area contributed by atoms with Crippen LogP contribution in [0.1, 0.15) is 17.0 Å². The summed E-state index contributed by atoms with van der Waals surface area (Å²) in [6.07, 6.45) is 1.53. The highest BCUT2D eigenvalue weighted by Gasteiger charge is 2.36. The molecule has 1 aromatic heterocycles. The highest BCUT2D eigenvalue weighted by Crippen LogP contribution is 2.41. The van der Waals surface area contributed by atoms with E-state index in [0.29, 0.717) is 11.1 Å². The molecule has 1 amide bonds. The molecule has 27 heavy (non-hydrogen) atoms. The molecule has 0 unspecified atom stereocenters. The van der Waals surface area contributed by atoms with Crippen LogP contribution in [0.4, 0.5) is 5.69 Å². The number of aromatic amines is 1. The van der Waals surface area contributed by atoms with Gasteiger partial charge in [0.15, 0.2) is 0 Å². The van der Waals surface area contributed by atoms with Gasteiger partial charge in [-0.3, -0.25) is 9.10 Å². The first-order valence-corrected chi connectivity index (χ1v) is 9.84. The Morgan fingerprint density at radius 3 is 2.67 bits per heavy atom. The largest absolute Gasteiger partial charge is 0.362 e. The van der Waals surface area contributed by atoms with E-state index in [1.165, 1.54) is 6.21 Å². The van der Waals surface area contributed by atoms with Crippen molar-refractivity contribution in [2.75, 3.05) is 10.8 Å². The minimum atomic E-state index is -3.76. The lowest BCUT2D eigenvalue weighted by Gasteiger charge is -2.17. The maximum atomic E-state index is 12.8. The van der Waals surface area contributed by atoms with E-state index in [2.05, 4.69) is 15.5 Å². The third-order valence-corrected chi connectivity index (χ3v) is 6.35. The average Bonchev–Trinajstić information content (AvgIpc) is 3.05. The van der Waals surface area contributed by atoms with Gasteiger partial charge >= 0.3 is 0 Å². The topological polar surface area (TPSA) is 94.6 Å². The number of nitrogens with zero attached hydrogens (tertiary/aromatic N) is 2. The van der Waals surface area contributed by atoms with Crippen molar-refractivity contribution < 1.29 is 13.2 Å². The Bertz CT molecular complexity index is 1190. The number of hydrogen-bond acceptors (Lipinski definition) is 4. The Kier molecular flexibility index (Phi) is 4.00. The Balaban J connectivity index is 1.55. The fourth-order valence-electron chi connectivity index (χ4n) is 3.35. The molecule has 3 aromatic rings. The van der Waals surface area contributed by atoms with Gasteiger partial charge < -0.3 is 4.98 Å². The van der Waals surface area contributed by atoms with Crippen molar-refractivity contribution in [1.82, 2.24) is 10.4 Å². The number of aryl methyl sites for hydroxylation is 2. The first-order valence-electron chi connectivity index (χ1n) is 8.40. The van der Waals surface area contributed by atoms with Gasteiger partial charge in [0, 0.05) is 22.3 Å². The van der Waals surface area contributed by atoms with Crippen molar-refractivity contribution in [1.29, 1.82) is 0 Å². The van der Waals surface area contributed by atoms with E-state index < -0.39 is 15.9 Å². The lowest BCUT2D eigenvalue weighted by molar-refractivity contribution is -0.119. The molecule has 0 spiro atoms. The number of hydrogen-bond donors (Lipinski definition) is 2. The van der Waals surface area contributed by atoms with Gasteiger partial charge in [-0.2, -0.15) is 5.10 Å². The third kappa shape index (κ3) is 2.87. The number of benzene rings is 2. The van der Waals surface area contributed by atoms with Crippen molar-refractivity contribution >= 4 is 38.6 Å². The van der Waals surface area contributed by atoms with E-state index in [9.17, 15) is 13.2 Å². The van der Waals surface area contributed by atoms with Crippen molar-refractivity contribution in [2.24, 2.45) is 5.10 Å². The van der Waals surface area contributed by atoms with Gasteiger partial charge in [-0.15, -0.1) is 0 Å². The third-order valence-electron chi connectivity index (χ3n) is 4.55. The molecule has 2 heterocycles. The lowest BCUT2D eigenvalue weighted by Crippen LogP contribution is -2.37. The van der Waals surface area contributed by atoms with Gasteiger partial charge in [0.2, 0.25) is 0 Å². The molecular weight excluding hydrogens is 364 g/mol. The molecule has 7 nitrogen and oxygen atoms in total. The zero-order valence-electron chi connectivity index (χ0n) is 14.9. The first-order chi connectivity index (χ1) is 12.9. The minimum absolute atomic E-state index is 0.227.